The van der Waals surface area contributed by atoms with Crippen LogP contribution in [-0.4, -0.2) is 21.5 Å². The molecule has 1 aliphatic carbocycles. The smallest absolute Gasteiger partial charge is 0.323 e. The molecule has 2 N–H and O–H groups in total. The molecule has 1 aliphatic rings. The molecule has 0 bridgehead atoms. The number of nitrogens with one attached hydrogen (secondary N) is 1. The Morgan fingerprint density at radius 1 is 1.53 bits per heavy atom. The molecule has 0 amide bonds. The topological polar surface area (TPSA) is 92.5 Å². The molecular weight excluding hydrogens is 272 g/mol. The Hall–Kier alpha value is -1.66. The third kappa shape index (κ3) is 2.69. The summed E-state index contributed by atoms with van der Waals surface area (Å²) in [6.45, 7) is 0.114. The quantitative estimate of drug-likeness (QED) is 0.639. The Bertz CT molecular complexity index is 528. The minimum atomic E-state index is -0.948. The highest BCUT2D eigenvalue weighted by molar-refractivity contribution is 6.30. The summed E-state index contributed by atoms with van der Waals surface area (Å²) in [6, 6.07) is 4.26. The van der Waals surface area contributed by atoms with Crippen LogP contribution < -0.4 is 5.32 Å². The fourth-order valence-electron chi connectivity index (χ4n) is 2.13. The Morgan fingerprint density at radius 3 is 2.68 bits per heavy atom. The van der Waals surface area contributed by atoms with Gasteiger partial charge in [0.05, 0.1) is 4.92 Å². The Morgan fingerprint density at radius 2 is 2.21 bits per heavy atom. The maximum Gasteiger partial charge on any atom is 0.323 e. The maximum absolute atomic E-state index is 11.2. The molecule has 6 nitrogen and oxygen atoms in total. The van der Waals surface area contributed by atoms with Gasteiger partial charge in [-0.05, 0) is 31.4 Å². The number of halogens is 1. The van der Waals surface area contributed by atoms with Crippen molar-refractivity contribution in [1.29, 1.82) is 0 Å². The van der Waals surface area contributed by atoms with Crippen molar-refractivity contribution in [2.45, 2.75) is 31.3 Å². The zero-order valence-corrected chi connectivity index (χ0v) is 10.8. The number of benzene rings is 1. The van der Waals surface area contributed by atoms with Crippen LogP contribution in [0.15, 0.2) is 18.2 Å². The summed E-state index contributed by atoms with van der Waals surface area (Å²) in [4.78, 5) is 21.6. The number of rotatable bonds is 5. The first-order chi connectivity index (χ1) is 8.94. The van der Waals surface area contributed by atoms with Gasteiger partial charge in [-0.25, -0.2) is 0 Å². The van der Waals surface area contributed by atoms with Crippen molar-refractivity contribution in [3.8, 4) is 0 Å². The lowest BCUT2D eigenvalue weighted by atomic mass is 9.76. The zero-order valence-electron chi connectivity index (χ0n) is 10.1. The Balaban J connectivity index is 2.17. The lowest BCUT2D eigenvalue weighted by Crippen LogP contribution is -2.56. The number of nitro benzene ring substituents is 1. The average molecular weight is 285 g/mol. The molecule has 102 valence electrons. The van der Waals surface area contributed by atoms with Crippen LogP contribution >= 0.6 is 11.6 Å². The minimum absolute atomic E-state index is 0.0586. The van der Waals surface area contributed by atoms with Gasteiger partial charge in [-0.1, -0.05) is 11.6 Å². The molecule has 1 aromatic rings. The normalized spacial score (nSPS) is 16.7. The van der Waals surface area contributed by atoms with Gasteiger partial charge in [-0.2, -0.15) is 0 Å². The molecule has 1 aromatic carbocycles. The van der Waals surface area contributed by atoms with E-state index in [0.29, 0.717) is 23.4 Å². The summed E-state index contributed by atoms with van der Waals surface area (Å²) in [5.74, 6) is -0.913. The van der Waals surface area contributed by atoms with Crippen LogP contribution in [-0.2, 0) is 11.3 Å². The SMILES string of the molecule is O=C(O)C1(NCc2cc(Cl)ccc2[N+](=O)[O-])CCC1. The Labute approximate surface area is 114 Å². The van der Waals surface area contributed by atoms with Gasteiger partial charge in [0, 0.05) is 23.2 Å². The van der Waals surface area contributed by atoms with E-state index >= 15 is 0 Å². The predicted octanol–water partition coefficient (Wildman–Crippen LogP) is 2.35. The second-order valence-corrected chi connectivity index (χ2v) is 5.06. The second kappa shape index (κ2) is 5.14. The van der Waals surface area contributed by atoms with E-state index < -0.39 is 16.4 Å². The number of hydrogen-bond acceptors (Lipinski definition) is 4. The van der Waals surface area contributed by atoms with E-state index in [1.165, 1.54) is 18.2 Å². The number of nitro groups is 1. The standard InChI is InChI=1S/C12H13ClN2O4/c13-9-2-3-10(15(18)19)8(6-9)7-14-12(11(16)17)4-1-5-12/h2-3,6,14H,1,4-5,7H2,(H,16,17). The summed E-state index contributed by atoms with van der Waals surface area (Å²) in [6.07, 6.45) is 1.92. The van der Waals surface area contributed by atoms with Gasteiger partial charge in [-0.15, -0.1) is 0 Å². The largest absolute Gasteiger partial charge is 0.480 e. The Kier molecular flexibility index (Phi) is 3.73. The van der Waals surface area contributed by atoms with Crippen molar-refractivity contribution in [2.75, 3.05) is 0 Å². The lowest BCUT2D eigenvalue weighted by molar-refractivity contribution is -0.385. The fourth-order valence-corrected chi connectivity index (χ4v) is 2.33. The number of nitrogens with zero attached hydrogens (tertiary/aromatic N) is 1. The van der Waals surface area contributed by atoms with Crippen LogP contribution in [0.4, 0.5) is 5.69 Å². The summed E-state index contributed by atoms with van der Waals surface area (Å²) >= 11 is 5.82. The first-order valence-electron chi connectivity index (χ1n) is 5.86. The first kappa shape index (κ1) is 13.8. The van der Waals surface area contributed by atoms with E-state index in [2.05, 4.69) is 5.32 Å². The van der Waals surface area contributed by atoms with E-state index in [0.717, 1.165) is 6.42 Å². The molecule has 0 spiro atoms. The van der Waals surface area contributed by atoms with Gasteiger partial charge in [-0.3, -0.25) is 20.2 Å². The predicted molar refractivity (Wildman–Crippen MR) is 69.2 cm³/mol. The van der Waals surface area contributed by atoms with Crippen LogP contribution in [0.2, 0.25) is 5.02 Å². The summed E-state index contributed by atoms with van der Waals surface area (Å²) in [5.41, 5.74) is -0.613. The van der Waals surface area contributed by atoms with Crippen molar-refractivity contribution < 1.29 is 14.8 Å². The fraction of sp³-hybridized carbons (Fsp3) is 0.417. The summed E-state index contributed by atoms with van der Waals surface area (Å²) in [5, 5.41) is 23.4. The number of carboxylic acid groups (broad SMARTS) is 1. The van der Waals surface area contributed by atoms with Crippen molar-refractivity contribution in [3.63, 3.8) is 0 Å². The zero-order chi connectivity index (χ0) is 14.0. The van der Waals surface area contributed by atoms with Crippen LogP contribution in [0.5, 0.6) is 0 Å². The van der Waals surface area contributed by atoms with Crippen molar-refractivity contribution in [3.05, 3.63) is 38.9 Å². The maximum atomic E-state index is 11.2. The van der Waals surface area contributed by atoms with Crippen molar-refractivity contribution in [2.24, 2.45) is 0 Å². The van der Waals surface area contributed by atoms with Gasteiger partial charge in [0.1, 0.15) is 5.54 Å². The molecule has 19 heavy (non-hydrogen) atoms. The van der Waals surface area contributed by atoms with E-state index in [9.17, 15) is 20.0 Å². The minimum Gasteiger partial charge on any atom is -0.480 e. The molecule has 7 heteroatoms. The van der Waals surface area contributed by atoms with Crippen molar-refractivity contribution in [1.82, 2.24) is 5.32 Å². The third-order valence-electron chi connectivity index (χ3n) is 3.47. The van der Waals surface area contributed by atoms with Crippen LogP contribution in [0.25, 0.3) is 0 Å². The highest BCUT2D eigenvalue weighted by atomic mass is 35.5. The highest BCUT2D eigenvalue weighted by Crippen LogP contribution is 2.33. The van der Waals surface area contributed by atoms with E-state index in [4.69, 9.17) is 11.6 Å². The molecule has 0 aromatic heterocycles. The number of hydrogen-bond donors (Lipinski definition) is 2. The number of carbonyl (C=O) groups is 1. The molecule has 0 radical (unpaired) electrons. The lowest BCUT2D eigenvalue weighted by Gasteiger charge is -2.38. The molecule has 1 fully saturated rings. The monoisotopic (exact) mass is 284 g/mol. The van der Waals surface area contributed by atoms with Gasteiger partial charge in [0.2, 0.25) is 0 Å². The van der Waals surface area contributed by atoms with Gasteiger partial charge >= 0.3 is 5.97 Å². The summed E-state index contributed by atoms with van der Waals surface area (Å²) < 4.78 is 0. The third-order valence-corrected chi connectivity index (χ3v) is 3.71. The van der Waals surface area contributed by atoms with E-state index in [1.807, 2.05) is 0 Å². The van der Waals surface area contributed by atoms with E-state index in [1.54, 1.807) is 0 Å². The second-order valence-electron chi connectivity index (χ2n) is 4.62. The van der Waals surface area contributed by atoms with E-state index in [-0.39, 0.29) is 12.2 Å². The van der Waals surface area contributed by atoms with Crippen molar-refractivity contribution >= 4 is 23.3 Å². The first-order valence-corrected chi connectivity index (χ1v) is 6.24. The van der Waals surface area contributed by atoms with Gasteiger partial charge in [0.15, 0.2) is 0 Å². The van der Waals surface area contributed by atoms with Gasteiger partial charge in [0.25, 0.3) is 5.69 Å². The van der Waals surface area contributed by atoms with Crippen LogP contribution in [0.3, 0.4) is 0 Å². The molecule has 0 aliphatic heterocycles. The summed E-state index contributed by atoms with van der Waals surface area (Å²) in [7, 11) is 0. The molecule has 0 atom stereocenters. The molecule has 0 saturated heterocycles. The average Bonchev–Trinajstić information content (AvgIpc) is 2.26. The number of aliphatic carboxylic acids is 1. The molecule has 0 unspecified atom stereocenters. The highest BCUT2D eigenvalue weighted by Gasteiger charge is 2.44. The molecule has 0 heterocycles. The van der Waals surface area contributed by atoms with Crippen LogP contribution in [0.1, 0.15) is 24.8 Å². The molecular formula is C12H13ClN2O4. The number of carboxylic acids is 1. The molecule has 1 saturated carbocycles. The molecule has 2 rings (SSSR count). The van der Waals surface area contributed by atoms with Crippen LogP contribution in [0, 0.1) is 10.1 Å². The van der Waals surface area contributed by atoms with Gasteiger partial charge < -0.3 is 5.11 Å².